The minimum absolute atomic E-state index is 0.234. The molecule has 0 bridgehead atoms. The number of hydrogen-bond acceptors (Lipinski definition) is 6. The van der Waals surface area contributed by atoms with E-state index in [-0.39, 0.29) is 5.82 Å². The maximum absolute atomic E-state index is 15.0. The predicted molar refractivity (Wildman–Crippen MR) is 132 cm³/mol. The summed E-state index contributed by atoms with van der Waals surface area (Å²) >= 11 is 0. The van der Waals surface area contributed by atoms with Crippen molar-refractivity contribution < 1.29 is 13.7 Å². The Hall–Kier alpha value is -2.54. The molecule has 0 N–H and O–H groups in total. The van der Waals surface area contributed by atoms with Gasteiger partial charge in [-0.25, -0.2) is 9.37 Å². The maximum Gasteiger partial charge on any atom is 0.261 e. The molecule has 3 fully saturated rings. The monoisotopic (exact) mass is 466 g/mol. The molecule has 1 unspecified atom stereocenters. The van der Waals surface area contributed by atoms with Crippen molar-refractivity contribution in [2.24, 2.45) is 11.8 Å². The molecule has 6 rings (SSSR count). The molecule has 1 aromatic carbocycles. The van der Waals surface area contributed by atoms with Crippen LogP contribution in [0.3, 0.4) is 0 Å². The van der Waals surface area contributed by atoms with Crippen LogP contribution in [-0.4, -0.2) is 41.4 Å². The van der Waals surface area contributed by atoms with Crippen molar-refractivity contribution in [3.05, 3.63) is 34.9 Å². The summed E-state index contributed by atoms with van der Waals surface area (Å²) in [6.45, 7) is 12.1. The molecule has 34 heavy (non-hydrogen) atoms. The molecule has 2 aliphatic heterocycles. The Morgan fingerprint density at radius 2 is 1.74 bits per heavy atom. The summed E-state index contributed by atoms with van der Waals surface area (Å²) in [7, 11) is 0. The Morgan fingerprint density at radius 1 is 0.971 bits per heavy atom. The minimum Gasteiger partial charge on any atom is -0.381 e. The van der Waals surface area contributed by atoms with Gasteiger partial charge in [-0.15, -0.1) is 0 Å². The summed E-state index contributed by atoms with van der Waals surface area (Å²) in [5.41, 5.74) is 3.32. The third kappa shape index (κ3) is 4.81. The van der Waals surface area contributed by atoms with E-state index in [0.717, 1.165) is 85.8 Å². The van der Waals surface area contributed by atoms with Crippen LogP contribution in [0.1, 0.15) is 68.8 Å². The SMILES string of the molecule is CC1CCOC1.Cc1noc(-c2c(N3CCC(C)CC3)nc3c(F)cc(C4CC4)cc3c2C)n1. The van der Waals surface area contributed by atoms with Gasteiger partial charge in [-0.1, -0.05) is 19.0 Å². The third-order valence-electron chi connectivity index (χ3n) is 7.34. The van der Waals surface area contributed by atoms with E-state index in [4.69, 9.17) is 14.2 Å². The average Bonchev–Trinajstić information content (AvgIpc) is 3.42. The molecule has 6 nitrogen and oxygen atoms in total. The number of piperidine rings is 1. The zero-order valence-electron chi connectivity index (χ0n) is 20.7. The summed E-state index contributed by atoms with van der Waals surface area (Å²) in [5, 5.41) is 4.83. The van der Waals surface area contributed by atoms with Gasteiger partial charge in [0.1, 0.15) is 17.2 Å². The molecule has 7 heteroatoms. The predicted octanol–water partition coefficient (Wildman–Crippen LogP) is 6.20. The molecule has 4 heterocycles. The van der Waals surface area contributed by atoms with Gasteiger partial charge >= 0.3 is 0 Å². The lowest BCUT2D eigenvalue weighted by Crippen LogP contribution is -2.34. The van der Waals surface area contributed by atoms with Gasteiger partial charge in [0.05, 0.1) is 5.56 Å². The summed E-state index contributed by atoms with van der Waals surface area (Å²) in [5.74, 6) is 3.59. The average molecular weight is 467 g/mol. The quantitative estimate of drug-likeness (QED) is 0.458. The number of anilines is 1. The van der Waals surface area contributed by atoms with E-state index in [1.54, 1.807) is 6.07 Å². The summed E-state index contributed by atoms with van der Waals surface area (Å²) < 4.78 is 25.6. The highest BCUT2D eigenvalue weighted by Gasteiger charge is 2.29. The van der Waals surface area contributed by atoms with Crippen molar-refractivity contribution in [1.82, 2.24) is 15.1 Å². The van der Waals surface area contributed by atoms with E-state index >= 15 is 4.39 Å². The normalized spacial score (nSPS) is 21.1. The first kappa shape index (κ1) is 23.2. The summed E-state index contributed by atoms with van der Waals surface area (Å²) in [4.78, 5) is 11.5. The zero-order valence-corrected chi connectivity index (χ0v) is 20.7. The van der Waals surface area contributed by atoms with Crippen molar-refractivity contribution in [1.29, 1.82) is 0 Å². The van der Waals surface area contributed by atoms with Crippen LogP contribution < -0.4 is 4.90 Å². The topological polar surface area (TPSA) is 64.3 Å². The number of aromatic nitrogens is 3. The fourth-order valence-corrected chi connectivity index (χ4v) is 4.89. The van der Waals surface area contributed by atoms with Crippen molar-refractivity contribution >= 4 is 16.7 Å². The van der Waals surface area contributed by atoms with Gasteiger partial charge in [0.15, 0.2) is 5.82 Å². The van der Waals surface area contributed by atoms with Gasteiger partial charge in [0.2, 0.25) is 0 Å². The van der Waals surface area contributed by atoms with Gasteiger partial charge in [0.25, 0.3) is 5.89 Å². The molecule has 0 radical (unpaired) electrons. The Bertz CT molecular complexity index is 1160. The molecule has 0 spiro atoms. The van der Waals surface area contributed by atoms with Crippen LogP contribution in [0.2, 0.25) is 0 Å². The van der Waals surface area contributed by atoms with E-state index in [1.165, 1.54) is 6.42 Å². The molecule has 2 aromatic heterocycles. The number of benzene rings is 1. The first-order valence-electron chi connectivity index (χ1n) is 12.7. The van der Waals surface area contributed by atoms with Crippen molar-refractivity contribution in [3.63, 3.8) is 0 Å². The van der Waals surface area contributed by atoms with E-state index in [9.17, 15) is 0 Å². The first-order chi connectivity index (χ1) is 16.4. The largest absolute Gasteiger partial charge is 0.381 e. The molecule has 0 amide bonds. The van der Waals surface area contributed by atoms with Crippen molar-refractivity contribution in [3.8, 4) is 11.5 Å². The van der Waals surface area contributed by atoms with Crippen molar-refractivity contribution in [2.75, 3.05) is 31.2 Å². The van der Waals surface area contributed by atoms with Crippen LogP contribution in [0.4, 0.5) is 10.2 Å². The number of hydrogen-bond donors (Lipinski definition) is 0. The number of pyridine rings is 1. The van der Waals surface area contributed by atoms with Crippen LogP contribution in [0, 0.1) is 31.5 Å². The molecular weight excluding hydrogens is 431 g/mol. The smallest absolute Gasteiger partial charge is 0.261 e. The highest BCUT2D eigenvalue weighted by atomic mass is 19.1. The number of nitrogens with zero attached hydrogens (tertiary/aromatic N) is 4. The van der Waals surface area contributed by atoms with Crippen LogP contribution in [0.5, 0.6) is 0 Å². The molecular formula is C27H35FN4O2. The second-order valence-corrected chi connectivity index (χ2v) is 10.4. The number of aryl methyl sites for hydroxylation is 2. The Kier molecular flexibility index (Phi) is 6.56. The number of ether oxygens (including phenoxy) is 1. The zero-order chi connectivity index (χ0) is 23.8. The Balaban J connectivity index is 0.000000351. The lowest BCUT2D eigenvalue weighted by atomic mass is 9.96. The molecule has 1 atom stereocenters. The minimum atomic E-state index is -0.234. The lowest BCUT2D eigenvalue weighted by molar-refractivity contribution is 0.188. The molecule has 1 saturated carbocycles. The van der Waals surface area contributed by atoms with Crippen molar-refractivity contribution in [2.45, 2.75) is 65.7 Å². The maximum atomic E-state index is 15.0. The van der Waals surface area contributed by atoms with E-state index in [2.05, 4.69) is 35.0 Å². The third-order valence-corrected chi connectivity index (χ3v) is 7.34. The molecule has 3 aromatic rings. The second-order valence-electron chi connectivity index (χ2n) is 10.4. The highest BCUT2D eigenvalue weighted by Crippen LogP contribution is 2.43. The van der Waals surface area contributed by atoms with Gasteiger partial charge < -0.3 is 14.2 Å². The van der Waals surface area contributed by atoms with Gasteiger partial charge in [-0.2, -0.15) is 4.98 Å². The van der Waals surface area contributed by atoms with Crippen LogP contribution in [-0.2, 0) is 4.74 Å². The fraction of sp³-hybridized carbons (Fsp3) is 0.593. The molecule has 2 saturated heterocycles. The summed E-state index contributed by atoms with van der Waals surface area (Å²) in [6, 6.07) is 3.78. The van der Waals surface area contributed by atoms with E-state index in [0.29, 0.717) is 29.1 Å². The van der Waals surface area contributed by atoms with Gasteiger partial charge in [0, 0.05) is 31.7 Å². The fourth-order valence-electron chi connectivity index (χ4n) is 4.89. The van der Waals surface area contributed by atoms with Crippen LogP contribution >= 0.6 is 0 Å². The number of rotatable bonds is 3. The number of halogens is 1. The Labute approximate surface area is 200 Å². The highest BCUT2D eigenvalue weighted by molar-refractivity contribution is 5.93. The first-order valence-corrected chi connectivity index (χ1v) is 12.7. The summed E-state index contributed by atoms with van der Waals surface area (Å²) in [6.07, 6.45) is 5.74. The standard InChI is InChI=1S/C22H25FN4O.C5H10O/c1-12-6-8-27(9-7-12)21-19(22-24-14(3)26-28-22)13(2)17-10-16(15-4-5-15)11-18(23)20(17)25-21;1-5-2-3-6-4-5/h10-12,15H,4-9H2,1-3H3;5H,2-4H2,1H3. The van der Waals surface area contributed by atoms with Gasteiger partial charge in [-0.3, -0.25) is 0 Å². The molecule has 1 aliphatic carbocycles. The second kappa shape index (κ2) is 9.61. The lowest BCUT2D eigenvalue weighted by Gasteiger charge is -2.32. The van der Waals surface area contributed by atoms with Crippen LogP contribution in [0.25, 0.3) is 22.4 Å². The van der Waals surface area contributed by atoms with Gasteiger partial charge in [-0.05, 0) is 87.0 Å². The van der Waals surface area contributed by atoms with E-state index in [1.807, 2.05) is 13.8 Å². The number of fused-ring (bicyclic) bond motifs is 1. The molecule has 182 valence electrons. The van der Waals surface area contributed by atoms with Crippen LogP contribution in [0.15, 0.2) is 16.7 Å². The van der Waals surface area contributed by atoms with E-state index < -0.39 is 0 Å². The molecule has 3 aliphatic rings. The Morgan fingerprint density at radius 3 is 2.29 bits per heavy atom.